The predicted molar refractivity (Wildman–Crippen MR) is 133 cm³/mol. The number of aromatic nitrogens is 3. The maximum absolute atomic E-state index is 13.8. The molecule has 2 aromatic heterocycles. The Kier molecular flexibility index (Phi) is 7.00. The number of hydrogen-bond donors (Lipinski definition) is 2. The molecule has 2 atom stereocenters. The van der Waals surface area contributed by atoms with Gasteiger partial charge in [-0.25, -0.2) is 4.98 Å². The average Bonchev–Trinajstić information content (AvgIpc) is 3.25. The first-order valence-corrected chi connectivity index (χ1v) is 11.7. The van der Waals surface area contributed by atoms with Crippen LogP contribution in [0, 0.1) is 13.8 Å². The second-order valence-electron chi connectivity index (χ2n) is 8.51. The van der Waals surface area contributed by atoms with Crippen LogP contribution in [0.25, 0.3) is 11.4 Å². The second-order valence-corrected chi connectivity index (χ2v) is 8.51. The van der Waals surface area contributed by atoms with Gasteiger partial charge in [0, 0.05) is 38.0 Å². The first kappa shape index (κ1) is 23.9. The Hall–Kier alpha value is -3.23. The average molecular weight is 464 g/mol. The van der Waals surface area contributed by atoms with Crippen LogP contribution in [-0.2, 0) is 16.8 Å². The lowest BCUT2D eigenvalue weighted by atomic mass is 9.90. The lowest BCUT2D eigenvalue weighted by Gasteiger charge is -2.36. The summed E-state index contributed by atoms with van der Waals surface area (Å²) in [5.74, 6) is 1.42. The molecule has 0 bridgehead atoms. The van der Waals surface area contributed by atoms with Crippen molar-refractivity contribution in [2.24, 2.45) is 0 Å². The fourth-order valence-electron chi connectivity index (χ4n) is 4.70. The summed E-state index contributed by atoms with van der Waals surface area (Å²) in [5, 5.41) is 6.98. The third kappa shape index (κ3) is 4.19. The van der Waals surface area contributed by atoms with Gasteiger partial charge in [0.1, 0.15) is 22.8 Å². The summed E-state index contributed by atoms with van der Waals surface area (Å²) in [7, 11) is 1.64. The van der Waals surface area contributed by atoms with Gasteiger partial charge >= 0.3 is 0 Å². The van der Waals surface area contributed by atoms with E-state index < -0.39 is 5.54 Å². The molecule has 0 radical (unpaired) electrons. The van der Waals surface area contributed by atoms with Gasteiger partial charge in [0.2, 0.25) is 0 Å². The highest BCUT2D eigenvalue weighted by Crippen LogP contribution is 2.34. The largest absolute Gasteiger partial charge is 0.497 e. The van der Waals surface area contributed by atoms with Crippen molar-refractivity contribution in [3.8, 4) is 17.1 Å². The number of anilines is 1. The Labute approximate surface area is 200 Å². The molecule has 0 spiro atoms. The van der Waals surface area contributed by atoms with Crippen LogP contribution in [0.3, 0.4) is 0 Å². The van der Waals surface area contributed by atoms with Crippen LogP contribution in [0.5, 0.6) is 5.75 Å². The van der Waals surface area contributed by atoms with Crippen LogP contribution >= 0.6 is 0 Å². The number of aryl methyl sites for hydroxylation is 2. The molecule has 1 fully saturated rings. The maximum Gasteiger partial charge on any atom is 0.277 e. The van der Waals surface area contributed by atoms with Crippen LogP contribution < -0.4 is 20.9 Å². The molecule has 0 amide bonds. The molecule has 1 aliphatic rings. The topological polar surface area (TPSA) is 90.3 Å². The van der Waals surface area contributed by atoms with E-state index in [0.717, 1.165) is 22.6 Å². The number of methoxy groups -OCH3 is 1. The number of nitrogens with zero attached hydrogens (tertiary/aromatic N) is 3. The number of benzene rings is 1. The van der Waals surface area contributed by atoms with Gasteiger partial charge in [0.25, 0.3) is 5.56 Å². The number of hydrogen-bond acceptors (Lipinski definition) is 7. The van der Waals surface area contributed by atoms with Crippen molar-refractivity contribution in [2.45, 2.75) is 45.9 Å². The molecule has 0 unspecified atom stereocenters. The molecular weight excluding hydrogens is 430 g/mol. The van der Waals surface area contributed by atoms with E-state index in [1.54, 1.807) is 17.9 Å². The van der Waals surface area contributed by atoms with Crippen LogP contribution in [0.1, 0.15) is 30.8 Å². The molecule has 2 N–H and O–H groups in total. The van der Waals surface area contributed by atoms with Crippen molar-refractivity contribution in [2.75, 3.05) is 32.1 Å². The number of nitrogens with one attached hydrogen (secondary N) is 2. The van der Waals surface area contributed by atoms with E-state index in [2.05, 4.69) is 15.6 Å². The SMILES string of the molecule is CCO[C@H]1CNC[C@@]1(Nc1c(C)nc(-c2ccc(OC)cc2C)n(CC)c1=O)c1ccccn1. The standard InChI is InChI=1S/C26H33N5O3/c1-6-31-24(20-12-11-19(33-5)14-17(20)3)29-18(4)23(25(31)32)30-26(21-10-8-9-13-28-21)16-27-15-22(26)34-7-2/h8-14,22,27,30H,6-7,15-16H2,1-5H3/t22-,26+/m0/s1. The summed E-state index contributed by atoms with van der Waals surface area (Å²) in [5.41, 5.74) is 3.03. The monoisotopic (exact) mass is 463 g/mol. The van der Waals surface area contributed by atoms with Crippen molar-refractivity contribution >= 4 is 5.69 Å². The third-order valence-corrected chi connectivity index (χ3v) is 6.46. The van der Waals surface area contributed by atoms with Gasteiger partial charge in [0.05, 0.1) is 24.6 Å². The highest BCUT2D eigenvalue weighted by Gasteiger charge is 2.47. The Morgan fingerprint density at radius 1 is 1.24 bits per heavy atom. The van der Waals surface area contributed by atoms with Gasteiger partial charge in [-0.15, -0.1) is 0 Å². The van der Waals surface area contributed by atoms with E-state index in [9.17, 15) is 4.79 Å². The first-order valence-electron chi connectivity index (χ1n) is 11.7. The molecule has 3 heterocycles. The summed E-state index contributed by atoms with van der Waals surface area (Å²) in [6.07, 6.45) is 1.58. The van der Waals surface area contributed by atoms with E-state index in [-0.39, 0.29) is 11.7 Å². The maximum atomic E-state index is 13.8. The first-order chi connectivity index (χ1) is 16.4. The van der Waals surface area contributed by atoms with E-state index in [0.29, 0.717) is 43.4 Å². The van der Waals surface area contributed by atoms with E-state index in [1.165, 1.54) is 0 Å². The van der Waals surface area contributed by atoms with Crippen LogP contribution in [0.2, 0.25) is 0 Å². The highest BCUT2D eigenvalue weighted by atomic mass is 16.5. The van der Waals surface area contributed by atoms with E-state index >= 15 is 0 Å². The Bertz CT molecular complexity index is 1210. The van der Waals surface area contributed by atoms with Gasteiger partial charge in [-0.2, -0.15) is 0 Å². The molecule has 3 aromatic rings. The van der Waals surface area contributed by atoms with Crippen molar-refractivity contribution in [3.05, 3.63) is 69.9 Å². The Morgan fingerprint density at radius 3 is 2.71 bits per heavy atom. The van der Waals surface area contributed by atoms with Crippen molar-refractivity contribution in [1.29, 1.82) is 0 Å². The van der Waals surface area contributed by atoms with Crippen molar-refractivity contribution in [1.82, 2.24) is 19.9 Å². The normalized spacial score (nSPS) is 19.9. The zero-order valence-corrected chi connectivity index (χ0v) is 20.5. The lowest BCUT2D eigenvalue weighted by molar-refractivity contribution is 0.0384. The number of ether oxygens (including phenoxy) is 2. The smallest absolute Gasteiger partial charge is 0.277 e. The van der Waals surface area contributed by atoms with E-state index in [1.807, 2.05) is 64.1 Å². The predicted octanol–water partition coefficient (Wildman–Crippen LogP) is 3.27. The molecule has 1 aromatic carbocycles. The fraction of sp³-hybridized carbons (Fsp3) is 0.423. The molecular formula is C26H33N5O3. The van der Waals surface area contributed by atoms with Crippen LogP contribution in [0.15, 0.2) is 47.4 Å². The lowest BCUT2D eigenvalue weighted by Crippen LogP contribution is -2.49. The van der Waals surface area contributed by atoms with Crippen LogP contribution in [0.4, 0.5) is 5.69 Å². The quantitative estimate of drug-likeness (QED) is 0.530. The molecule has 8 heteroatoms. The summed E-state index contributed by atoms with van der Waals surface area (Å²) < 4.78 is 13.2. The zero-order chi connectivity index (χ0) is 24.3. The minimum Gasteiger partial charge on any atom is -0.497 e. The minimum absolute atomic E-state index is 0.113. The van der Waals surface area contributed by atoms with Gasteiger partial charge < -0.3 is 20.1 Å². The molecule has 8 nitrogen and oxygen atoms in total. The summed E-state index contributed by atoms with van der Waals surface area (Å²) >= 11 is 0. The summed E-state index contributed by atoms with van der Waals surface area (Å²) in [4.78, 5) is 23.4. The molecule has 4 rings (SSSR count). The second kappa shape index (κ2) is 9.95. The number of pyridine rings is 1. The van der Waals surface area contributed by atoms with E-state index in [4.69, 9.17) is 14.5 Å². The summed E-state index contributed by atoms with van der Waals surface area (Å²) in [6.45, 7) is 10.1. The fourth-order valence-corrected chi connectivity index (χ4v) is 4.70. The molecule has 0 aliphatic carbocycles. The third-order valence-electron chi connectivity index (χ3n) is 6.46. The minimum atomic E-state index is -0.689. The Balaban J connectivity index is 1.84. The van der Waals surface area contributed by atoms with Crippen LogP contribution in [-0.4, -0.2) is 47.4 Å². The van der Waals surface area contributed by atoms with Gasteiger partial charge in [-0.1, -0.05) is 6.07 Å². The van der Waals surface area contributed by atoms with Crippen molar-refractivity contribution < 1.29 is 9.47 Å². The summed E-state index contributed by atoms with van der Waals surface area (Å²) in [6, 6.07) is 11.6. The van der Waals surface area contributed by atoms with Gasteiger partial charge in [-0.05, 0) is 63.6 Å². The number of rotatable bonds is 8. The Morgan fingerprint density at radius 2 is 2.06 bits per heavy atom. The van der Waals surface area contributed by atoms with Crippen molar-refractivity contribution in [3.63, 3.8) is 0 Å². The van der Waals surface area contributed by atoms with Gasteiger partial charge in [-0.3, -0.25) is 14.3 Å². The molecule has 0 saturated carbocycles. The highest BCUT2D eigenvalue weighted by molar-refractivity contribution is 5.64. The molecule has 1 aliphatic heterocycles. The van der Waals surface area contributed by atoms with Gasteiger partial charge in [0.15, 0.2) is 0 Å². The molecule has 1 saturated heterocycles. The zero-order valence-electron chi connectivity index (χ0n) is 20.5. The molecule has 180 valence electrons. The molecule has 34 heavy (non-hydrogen) atoms.